The minimum atomic E-state index is -8.55. The van der Waals surface area contributed by atoms with E-state index in [1.54, 1.807) is 0 Å². The first-order valence-corrected chi connectivity index (χ1v) is 8.87. The Hall–Kier alpha value is -2.16. The Bertz CT molecular complexity index is 869. The Balaban J connectivity index is 6.57. The molecule has 0 spiro atoms. The van der Waals surface area contributed by atoms with Gasteiger partial charge in [0.1, 0.15) is 0 Å². The van der Waals surface area contributed by atoms with Gasteiger partial charge in [0.05, 0.1) is 0 Å². The summed E-state index contributed by atoms with van der Waals surface area (Å²) in [5.41, 5.74) is -1.27. The van der Waals surface area contributed by atoms with Crippen LogP contribution in [0.3, 0.4) is 0 Å². The van der Waals surface area contributed by atoms with Gasteiger partial charge in [-0.2, -0.15) is 83.4 Å². The minimum absolute atomic E-state index is 0.404. The van der Waals surface area contributed by atoms with E-state index in [2.05, 4.69) is 11.3 Å². The molecule has 0 saturated carbocycles. The van der Waals surface area contributed by atoms with Gasteiger partial charge < -0.3 is 9.84 Å². The van der Waals surface area contributed by atoms with Crippen LogP contribution in [0.2, 0.25) is 0 Å². The van der Waals surface area contributed by atoms with Crippen LogP contribution in [0.5, 0.6) is 0 Å². The van der Waals surface area contributed by atoms with E-state index < -0.39 is 84.2 Å². The normalized spacial score (nSPS) is 16.9. The molecule has 0 radical (unpaired) electrons. The molecule has 0 aliphatic rings. The Morgan fingerprint density at radius 3 is 1.34 bits per heavy atom. The molecular formula is C16H11F19O3. The van der Waals surface area contributed by atoms with Gasteiger partial charge in [0.2, 0.25) is 0 Å². The van der Waals surface area contributed by atoms with E-state index in [1.165, 1.54) is 0 Å². The van der Waals surface area contributed by atoms with Crippen LogP contribution in [0.25, 0.3) is 0 Å². The molecule has 0 amide bonds. The van der Waals surface area contributed by atoms with Crippen molar-refractivity contribution in [1.82, 2.24) is 0 Å². The number of halogens is 19. The molecule has 0 aromatic carbocycles. The molecule has 0 saturated heterocycles. The quantitative estimate of drug-likeness (QED) is 0.155. The number of aliphatic hydroxyl groups is 1. The van der Waals surface area contributed by atoms with Gasteiger partial charge in [-0.15, -0.1) is 0 Å². The fourth-order valence-corrected chi connectivity index (χ4v) is 2.28. The zero-order valence-corrected chi connectivity index (χ0v) is 17.6. The van der Waals surface area contributed by atoms with Crippen LogP contribution in [0.15, 0.2) is 12.2 Å². The van der Waals surface area contributed by atoms with Crippen LogP contribution in [0, 0.1) is 5.92 Å². The van der Waals surface area contributed by atoms with Gasteiger partial charge in [-0.1, -0.05) is 6.58 Å². The second kappa shape index (κ2) is 9.79. The Labute approximate surface area is 197 Å². The maximum Gasteiger partial charge on any atom is 0.468 e. The maximum atomic E-state index is 13.7. The summed E-state index contributed by atoms with van der Waals surface area (Å²) in [6.07, 6.45) is -27.1. The number of carbonyl (C=O) groups excluding carboxylic acids is 1. The molecule has 3 nitrogen and oxygen atoms in total. The Morgan fingerprint density at radius 1 is 0.684 bits per heavy atom. The van der Waals surface area contributed by atoms with Crippen LogP contribution in [-0.4, -0.2) is 65.0 Å². The van der Waals surface area contributed by atoms with Crippen molar-refractivity contribution in [3.63, 3.8) is 0 Å². The number of esters is 1. The van der Waals surface area contributed by atoms with E-state index in [4.69, 9.17) is 5.11 Å². The van der Waals surface area contributed by atoms with Gasteiger partial charge in [0, 0.05) is 12.0 Å². The number of ether oxygens (including phenoxy) is 1. The SMILES string of the molecule is C=C(C)C(=O)OC(F)(F)C(O)(F)C(F)(F)C(F)(F)C(F)(F)C(F)(F)C(F)(F)CCC(C(F)(F)F)C(F)(F)F. The molecule has 1 N–H and O–H groups in total. The monoisotopic (exact) mass is 612 g/mol. The van der Waals surface area contributed by atoms with Crippen molar-refractivity contribution in [1.29, 1.82) is 0 Å². The van der Waals surface area contributed by atoms with Gasteiger partial charge in [-0.05, 0) is 13.3 Å². The lowest BCUT2D eigenvalue weighted by Crippen LogP contribution is -2.74. The first-order valence-electron chi connectivity index (χ1n) is 8.87. The van der Waals surface area contributed by atoms with Crippen LogP contribution in [0.4, 0.5) is 83.4 Å². The molecule has 38 heavy (non-hydrogen) atoms. The molecule has 22 heteroatoms. The lowest BCUT2D eigenvalue weighted by Gasteiger charge is -2.43. The van der Waals surface area contributed by atoms with E-state index >= 15 is 0 Å². The number of hydrogen-bond acceptors (Lipinski definition) is 3. The summed E-state index contributed by atoms with van der Waals surface area (Å²) in [6.45, 7) is 2.90. The Kier molecular flexibility index (Phi) is 9.23. The van der Waals surface area contributed by atoms with E-state index in [-0.39, 0.29) is 0 Å². The van der Waals surface area contributed by atoms with Crippen molar-refractivity contribution in [2.75, 3.05) is 0 Å². The molecule has 1 unspecified atom stereocenters. The van der Waals surface area contributed by atoms with Crippen molar-refractivity contribution in [2.45, 2.75) is 73.7 Å². The molecule has 0 aliphatic heterocycles. The van der Waals surface area contributed by atoms with E-state index in [1.807, 2.05) is 0 Å². The van der Waals surface area contributed by atoms with Crippen LogP contribution in [-0.2, 0) is 9.53 Å². The average Bonchev–Trinajstić information content (AvgIpc) is 2.64. The number of hydrogen-bond donors (Lipinski definition) is 1. The van der Waals surface area contributed by atoms with Crippen LogP contribution in [0.1, 0.15) is 19.8 Å². The summed E-state index contributed by atoms with van der Waals surface area (Å²) in [7, 11) is 0. The lowest BCUT2D eigenvalue weighted by molar-refractivity contribution is -0.475. The number of alkyl halides is 19. The largest absolute Gasteiger partial charge is 0.468 e. The fraction of sp³-hybridized carbons (Fsp3) is 0.812. The smallest absolute Gasteiger partial charge is 0.393 e. The van der Waals surface area contributed by atoms with Gasteiger partial charge in [0.15, 0.2) is 5.92 Å². The fourth-order valence-electron chi connectivity index (χ4n) is 2.28. The third-order valence-electron chi connectivity index (χ3n) is 4.55. The summed E-state index contributed by atoms with van der Waals surface area (Å²) in [6, 6.07) is 0. The highest BCUT2D eigenvalue weighted by Gasteiger charge is 2.92. The van der Waals surface area contributed by atoms with Gasteiger partial charge in [-0.25, -0.2) is 4.79 Å². The maximum absolute atomic E-state index is 13.7. The molecule has 1 atom stereocenters. The summed E-state index contributed by atoms with van der Waals surface area (Å²) < 4.78 is 254. The second-order valence-electron chi connectivity index (χ2n) is 7.49. The highest BCUT2D eigenvalue weighted by Crippen LogP contribution is 2.62. The highest BCUT2D eigenvalue weighted by atomic mass is 19.4. The molecule has 0 aliphatic carbocycles. The first-order chi connectivity index (χ1) is 16.2. The molecule has 0 heterocycles. The molecular weight excluding hydrogens is 601 g/mol. The number of carbonyl (C=O) groups is 1. The predicted molar refractivity (Wildman–Crippen MR) is 81.5 cm³/mol. The second-order valence-corrected chi connectivity index (χ2v) is 7.49. The summed E-state index contributed by atoms with van der Waals surface area (Å²) in [5.74, 6) is -55.9. The van der Waals surface area contributed by atoms with Crippen molar-refractivity contribution >= 4 is 5.97 Å². The average molecular weight is 612 g/mol. The minimum Gasteiger partial charge on any atom is -0.393 e. The first kappa shape index (κ1) is 35.8. The van der Waals surface area contributed by atoms with Crippen molar-refractivity contribution in [3.8, 4) is 0 Å². The van der Waals surface area contributed by atoms with Crippen molar-refractivity contribution < 1.29 is 98.1 Å². The summed E-state index contributed by atoms with van der Waals surface area (Å²) >= 11 is 0. The molecule has 0 bridgehead atoms. The third kappa shape index (κ3) is 5.87. The third-order valence-corrected chi connectivity index (χ3v) is 4.55. The van der Waals surface area contributed by atoms with Crippen molar-refractivity contribution in [3.05, 3.63) is 12.2 Å². The highest BCUT2D eigenvalue weighted by molar-refractivity contribution is 5.87. The predicted octanol–water partition coefficient (Wildman–Crippen LogP) is 7.05. The number of rotatable bonds is 11. The van der Waals surface area contributed by atoms with Crippen LogP contribution >= 0.6 is 0 Å². The molecule has 0 rings (SSSR count). The van der Waals surface area contributed by atoms with Gasteiger partial charge in [0.25, 0.3) is 0 Å². The van der Waals surface area contributed by atoms with Crippen molar-refractivity contribution in [2.24, 2.45) is 5.92 Å². The van der Waals surface area contributed by atoms with E-state index in [9.17, 15) is 88.2 Å². The van der Waals surface area contributed by atoms with Gasteiger partial charge >= 0.3 is 59.9 Å². The van der Waals surface area contributed by atoms with Gasteiger partial charge in [-0.3, -0.25) is 0 Å². The van der Waals surface area contributed by atoms with E-state index in [0.29, 0.717) is 6.92 Å². The Morgan fingerprint density at radius 2 is 1.03 bits per heavy atom. The topological polar surface area (TPSA) is 46.5 Å². The molecule has 0 aromatic heterocycles. The molecule has 226 valence electrons. The molecule has 0 fully saturated rings. The van der Waals surface area contributed by atoms with E-state index in [0.717, 1.165) is 0 Å². The zero-order valence-electron chi connectivity index (χ0n) is 17.6. The zero-order chi connectivity index (χ0) is 31.4. The standard InChI is InChI=1S/C16H11F19O3/c1-5(2)7(36)38-16(34,35)15(33,37)14(31,32)13(29,30)12(27,28)11(25,26)8(17,18)4-3-6(9(19,20)21)10(22,23)24/h6,37H,1,3-4H2,2H3. The lowest BCUT2D eigenvalue weighted by atomic mass is 9.87. The summed E-state index contributed by atoms with van der Waals surface area (Å²) in [5, 5.41) is 8.55. The molecule has 0 aromatic rings. The van der Waals surface area contributed by atoms with Crippen LogP contribution < -0.4 is 0 Å². The summed E-state index contributed by atoms with van der Waals surface area (Å²) in [4.78, 5) is 10.9.